The van der Waals surface area contributed by atoms with Gasteiger partial charge in [0.1, 0.15) is 5.03 Å². The van der Waals surface area contributed by atoms with Gasteiger partial charge >= 0.3 is 0 Å². The van der Waals surface area contributed by atoms with Gasteiger partial charge in [-0.15, -0.1) is 23.4 Å². The van der Waals surface area contributed by atoms with Gasteiger partial charge in [0.25, 0.3) is 0 Å². The summed E-state index contributed by atoms with van der Waals surface area (Å²) in [6.07, 6.45) is 2.80. The molecule has 0 bridgehead atoms. The molecule has 1 heterocycles. The Morgan fingerprint density at radius 3 is 2.86 bits per heavy atom. The van der Waals surface area contributed by atoms with Crippen molar-refractivity contribution in [2.75, 3.05) is 5.88 Å². The van der Waals surface area contributed by atoms with Crippen molar-refractivity contribution >= 4 is 55.2 Å². The van der Waals surface area contributed by atoms with Gasteiger partial charge < -0.3 is 0 Å². The van der Waals surface area contributed by atoms with Gasteiger partial charge in [0.2, 0.25) is 0 Å². The van der Waals surface area contributed by atoms with Crippen LogP contribution in [0.4, 0.5) is 0 Å². The smallest absolute Gasteiger partial charge is 0.111 e. The van der Waals surface area contributed by atoms with Crippen LogP contribution in [0.15, 0.2) is 26.2 Å². The molecule has 0 aliphatic rings. The highest BCUT2D eigenvalue weighted by Crippen LogP contribution is 2.31. The first-order valence-electron chi connectivity index (χ1n) is 4.17. The molecule has 5 heteroatoms. The zero-order valence-corrected chi connectivity index (χ0v) is 12.4. The van der Waals surface area contributed by atoms with Crippen molar-refractivity contribution in [3.63, 3.8) is 0 Å². The Hall–Kier alpha value is 0.750. The molecule has 1 nitrogen and oxygen atoms in total. The minimum Gasteiger partial charge on any atom is -0.248 e. The normalized spacial score (nSPS) is 12.9. The van der Waals surface area contributed by atoms with E-state index in [2.05, 4.69) is 43.8 Å². The van der Waals surface area contributed by atoms with Gasteiger partial charge in [-0.05, 0) is 44.3 Å². The zero-order chi connectivity index (χ0) is 10.6. The largest absolute Gasteiger partial charge is 0.248 e. The maximum Gasteiger partial charge on any atom is 0.111 e. The molecule has 0 saturated carbocycles. The Morgan fingerprint density at radius 2 is 2.29 bits per heavy atom. The molecule has 14 heavy (non-hydrogen) atoms. The Kier molecular flexibility index (Phi) is 5.82. The number of pyridine rings is 1. The number of rotatable bonds is 4. The second kappa shape index (κ2) is 6.36. The summed E-state index contributed by atoms with van der Waals surface area (Å²) in [7, 11) is 0. The van der Waals surface area contributed by atoms with Crippen LogP contribution >= 0.6 is 55.2 Å². The molecular formula is C9H10Br2ClNS. The predicted octanol–water partition coefficient (Wildman–Crippen LogP) is 4.72. The van der Waals surface area contributed by atoms with Crippen molar-refractivity contribution in [3.8, 4) is 0 Å². The summed E-state index contributed by atoms with van der Waals surface area (Å²) in [6.45, 7) is 2.16. The Morgan fingerprint density at radius 1 is 1.57 bits per heavy atom. The van der Waals surface area contributed by atoms with E-state index in [-0.39, 0.29) is 0 Å². The summed E-state index contributed by atoms with van der Waals surface area (Å²) in [4.78, 5) is 4.33. The highest BCUT2D eigenvalue weighted by Gasteiger charge is 2.08. The molecule has 0 radical (unpaired) electrons. The fourth-order valence-electron chi connectivity index (χ4n) is 0.892. The highest BCUT2D eigenvalue weighted by molar-refractivity contribution is 9.11. The van der Waals surface area contributed by atoms with Gasteiger partial charge in [-0.1, -0.05) is 6.92 Å². The van der Waals surface area contributed by atoms with Gasteiger partial charge in [-0.3, -0.25) is 0 Å². The second-order valence-corrected chi connectivity index (χ2v) is 6.42. The summed E-state index contributed by atoms with van der Waals surface area (Å²) in [6, 6.07) is 2.00. The lowest BCUT2D eigenvalue weighted by Crippen LogP contribution is -1.97. The van der Waals surface area contributed by atoms with E-state index in [0.717, 1.165) is 20.4 Å². The van der Waals surface area contributed by atoms with Crippen LogP contribution in [0.3, 0.4) is 0 Å². The van der Waals surface area contributed by atoms with E-state index in [0.29, 0.717) is 11.1 Å². The third-order valence-corrected chi connectivity index (χ3v) is 4.31. The van der Waals surface area contributed by atoms with E-state index < -0.39 is 0 Å². The molecule has 0 spiro atoms. The van der Waals surface area contributed by atoms with Crippen LogP contribution in [0.25, 0.3) is 0 Å². The average Bonchev–Trinajstić information content (AvgIpc) is 2.10. The van der Waals surface area contributed by atoms with Crippen molar-refractivity contribution in [2.24, 2.45) is 0 Å². The average molecular weight is 360 g/mol. The van der Waals surface area contributed by atoms with Crippen molar-refractivity contribution in [1.82, 2.24) is 4.98 Å². The fraction of sp³-hybridized carbons (Fsp3) is 0.444. The molecule has 0 amide bonds. The molecular weight excluding hydrogens is 349 g/mol. The minimum absolute atomic E-state index is 0.498. The Labute approximate surface area is 110 Å². The minimum atomic E-state index is 0.498. The molecule has 0 fully saturated rings. The molecule has 1 aromatic rings. The summed E-state index contributed by atoms with van der Waals surface area (Å²) < 4.78 is 2.01. The highest BCUT2D eigenvalue weighted by atomic mass is 79.9. The lowest BCUT2D eigenvalue weighted by molar-refractivity contribution is 0.906. The van der Waals surface area contributed by atoms with E-state index in [1.54, 1.807) is 18.0 Å². The third-order valence-electron chi connectivity index (χ3n) is 1.60. The molecule has 1 atom stereocenters. The maximum atomic E-state index is 5.67. The SMILES string of the molecule is CC(CCCl)Sc1ncc(Br)cc1Br. The molecule has 0 saturated heterocycles. The topological polar surface area (TPSA) is 12.9 Å². The number of hydrogen-bond donors (Lipinski definition) is 0. The van der Waals surface area contributed by atoms with Gasteiger partial charge in [-0.2, -0.15) is 0 Å². The van der Waals surface area contributed by atoms with Crippen LogP contribution in [-0.2, 0) is 0 Å². The van der Waals surface area contributed by atoms with Crippen molar-refractivity contribution in [2.45, 2.75) is 23.6 Å². The number of nitrogens with zero attached hydrogens (tertiary/aromatic N) is 1. The van der Waals surface area contributed by atoms with Crippen molar-refractivity contribution in [1.29, 1.82) is 0 Å². The quantitative estimate of drug-likeness (QED) is 0.570. The van der Waals surface area contributed by atoms with Gasteiger partial charge in [-0.25, -0.2) is 4.98 Å². The molecule has 78 valence electrons. The van der Waals surface area contributed by atoms with E-state index in [9.17, 15) is 0 Å². The van der Waals surface area contributed by atoms with E-state index in [1.807, 2.05) is 6.07 Å². The second-order valence-electron chi connectivity index (χ2n) is 2.85. The molecule has 1 unspecified atom stereocenters. The summed E-state index contributed by atoms with van der Waals surface area (Å²) >= 11 is 14.3. The molecule has 1 rings (SSSR count). The molecule has 1 aromatic heterocycles. The number of alkyl halides is 1. The number of hydrogen-bond acceptors (Lipinski definition) is 2. The standard InChI is InChI=1S/C9H10Br2ClNS/c1-6(2-3-12)14-9-8(11)4-7(10)5-13-9/h4-6H,2-3H2,1H3. The van der Waals surface area contributed by atoms with Crippen molar-refractivity contribution < 1.29 is 0 Å². The van der Waals surface area contributed by atoms with Crippen LogP contribution in [0, 0.1) is 0 Å². The molecule has 0 aliphatic heterocycles. The third kappa shape index (κ3) is 4.09. The van der Waals surface area contributed by atoms with Crippen LogP contribution in [-0.4, -0.2) is 16.1 Å². The monoisotopic (exact) mass is 357 g/mol. The molecule has 0 aromatic carbocycles. The van der Waals surface area contributed by atoms with E-state index in [1.165, 1.54) is 0 Å². The first kappa shape index (κ1) is 12.8. The molecule has 0 aliphatic carbocycles. The predicted molar refractivity (Wildman–Crippen MR) is 70.3 cm³/mol. The first-order valence-corrected chi connectivity index (χ1v) is 7.17. The summed E-state index contributed by atoms with van der Waals surface area (Å²) in [5.41, 5.74) is 0. The lowest BCUT2D eigenvalue weighted by atomic mass is 10.4. The Bertz CT molecular complexity index is 309. The Balaban J connectivity index is 2.67. The van der Waals surface area contributed by atoms with Crippen LogP contribution in [0.2, 0.25) is 0 Å². The van der Waals surface area contributed by atoms with E-state index in [4.69, 9.17) is 11.6 Å². The van der Waals surface area contributed by atoms with Gasteiger partial charge in [0.15, 0.2) is 0 Å². The number of thioether (sulfide) groups is 1. The molecule has 0 N–H and O–H groups in total. The number of aromatic nitrogens is 1. The fourth-order valence-corrected chi connectivity index (χ4v) is 3.52. The van der Waals surface area contributed by atoms with E-state index >= 15 is 0 Å². The van der Waals surface area contributed by atoms with Gasteiger partial charge in [0.05, 0.1) is 4.47 Å². The lowest BCUT2D eigenvalue weighted by Gasteiger charge is -2.09. The first-order chi connectivity index (χ1) is 6.63. The summed E-state index contributed by atoms with van der Waals surface area (Å²) in [5, 5.41) is 1.52. The van der Waals surface area contributed by atoms with Crippen molar-refractivity contribution in [3.05, 3.63) is 21.2 Å². The van der Waals surface area contributed by atoms with Crippen LogP contribution in [0.1, 0.15) is 13.3 Å². The zero-order valence-electron chi connectivity index (χ0n) is 7.64. The van der Waals surface area contributed by atoms with Crippen LogP contribution < -0.4 is 0 Å². The maximum absolute atomic E-state index is 5.67. The van der Waals surface area contributed by atoms with Gasteiger partial charge in [0, 0.05) is 21.8 Å². The number of halogens is 3. The van der Waals surface area contributed by atoms with Crippen LogP contribution in [0.5, 0.6) is 0 Å². The summed E-state index contributed by atoms with van der Waals surface area (Å²) in [5.74, 6) is 0.697.